The van der Waals surface area contributed by atoms with Crippen molar-refractivity contribution < 1.29 is 28.6 Å². The van der Waals surface area contributed by atoms with E-state index in [0.29, 0.717) is 78.5 Å². The first-order valence-electron chi connectivity index (χ1n) is 13.3. The normalized spacial score (nSPS) is 23.2. The summed E-state index contributed by atoms with van der Waals surface area (Å²) in [5.74, 6) is -0.0885. The molecule has 204 valence electrons. The lowest BCUT2D eigenvalue weighted by molar-refractivity contribution is -0.159. The molecule has 0 aliphatic carbocycles. The van der Waals surface area contributed by atoms with Crippen LogP contribution in [0.25, 0.3) is 0 Å². The molecule has 0 saturated carbocycles. The number of ether oxygens (including phenoxy) is 3. The zero-order valence-corrected chi connectivity index (χ0v) is 21.5. The largest absolute Gasteiger partial charge is 0.379 e. The minimum absolute atomic E-state index is 0.0295. The maximum absolute atomic E-state index is 13.1. The van der Waals surface area contributed by atoms with Crippen molar-refractivity contribution in [1.29, 1.82) is 0 Å². The zero-order chi connectivity index (χ0) is 25.2. The summed E-state index contributed by atoms with van der Waals surface area (Å²) in [5, 5.41) is 0. The Morgan fingerprint density at radius 2 is 0.694 bits per heavy atom. The van der Waals surface area contributed by atoms with Crippen LogP contribution in [-0.4, -0.2) is 166 Å². The lowest BCUT2D eigenvalue weighted by Crippen LogP contribution is -2.60. The monoisotopic (exact) mass is 510 g/mol. The number of hydrogen-bond acceptors (Lipinski definition) is 9. The summed E-state index contributed by atoms with van der Waals surface area (Å²) < 4.78 is 16.2. The topological polar surface area (TPSA) is 98.3 Å². The van der Waals surface area contributed by atoms with Crippen molar-refractivity contribution in [3.05, 3.63) is 0 Å². The van der Waals surface area contributed by atoms with Gasteiger partial charge in [0, 0.05) is 78.2 Å². The van der Waals surface area contributed by atoms with Gasteiger partial charge in [-0.05, 0) is 0 Å². The molecule has 0 unspecified atom stereocenters. The first kappa shape index (κ1) is 27.2. The van der Waals surface area contributed by atoms with Crippen molar-refractivity contribution in [3.8, 4) is 0 Å². The maximum Gasteiger partial charge on any atom is 0.226 e. The number of nitrogens with zero attached hydrogens (tertiary/aromatic N) is 6. The molecule has 4 aliphatic rings. The minimum Gasteiger partial charge on any atom is -0.379 e. The smallest absolute Gasteiger partial charge is 0.226 e. The number of hydrogen-bond donors (Lipinski definition) is 0. The third kappa shape index (κ3) is 8.35. The molecule has 12 nitrogen and oxygen atoms in total. The van der Waals surface area contributed by atoms with Gasteiger partial charge in [-0.15, -0.1) is 0 Å². The van der Waals surface area contributed by atoms with E-state index in [-0.39, 0.29) is 37.7 Å². The lowest BCUT2D eigenvalue weighted by atomic mass is 10.2. The van der Waals surface area contributed by atoms with E-state index in [4.69, 9.17) is 14.2 Å². The number of rotatable bonds is 9. The van der Waals surface area contributed by atoms with Crippen LogP contribution in [0.15, 0.2) is 0 Å². The average Bonchev–Trinajstić information content (AvgIpc) is 2.94. The summed E-state index contributed by atoms with van der Waals surface area (Å²) in [5.41, 5.74) is 0. The molecule has 0 spiro atoms. The molecule has 0 radical (unpaired) electrons. The van der Waals surface area contributed by atoms with Crippen LogP contribution in [-0.2, 0) is 28.6 Å². The van der Waals surface area contributed by atoms with Crippen molar-refractivity contribution in [2.75, 3.05) is 119 Å². The summed E-state index contributed by atoms with van der Waals surface area (Å²) in [6, 6.07) is 0. The van der Waals surface area contributed by atoms with E-state index < -0.39 is 0 Å². The molecule has 0 aromatic heterocycles. The average molecular weight is 511 g/mol. The van der Waals surface area contributed by atoms with Gasteiger partial charge in [0.2, 0.25) is 17.7 Å². The Labute approximate surface area is 213 Å². The Hall–Kier alpha value is -1.83. The Morgan fingerprint density at radius 1 is 0.444 bits per heavy atom. The molecule has 0 aromatic rings. The highest BCUT2D eigenvalue weighted by Gasteiger charge is 2.32. The second kappa shape index (κ2) is 14.2. The van der Waals surface area contributed by atoms with E-state index in [0.717, 1.165) is 39.3 Å². The number of carbonyl (C=O) groups is 3. The van der Waals surface area contributed by atoms with Gasteiger partial charge >= 0.3 is 0 Å². The van der Waals surface area contributed by atoms with Crippen LogP contribution < -0.4 is 0 Å². The molecular formula is C24H42N6O6. The van der Waals surface area contributed by atoms with E-state index >= 15 is 0 Å². The third-order valence-electron chi connectivity index (χ3n) is 7.32. The molecule has 4 saturated heterocycles. The molecule has 36 heavy (non-hydrogen) atoms. The van der Waals surface area contributed by atoms with Crippen molar-refractivity contribution in [3.63, 3.8) is 0 Å². The van der Waals surface area contributed by atoms with E-state index in [1.165, 1.54) is 0 Å². The summed E-state index contributed by atoms with van der Waals surface area (Å²) in [4.78, 5) is 51.0. The van der Waals surface area contributed by atoms with Gasteiger partial charge in [0.25, 0.3) is 0 Å². The van der Waals surface area contributed by atoms with Crippen LogP contribution in [0.2, 0.25) is 0 Å². The van der Waals surface area contributed by atoms with Crippen LogP contribution >= 0.6 is 0 Å². The van der Waals surface area contributed by atoms with Gasteiger partial charge in [-0.3, -0.25) is 29.1 Å². The first-order valence-corrected chi connectivity index (χ1v) is 13.3. The second-order valence-electron chi connectivity index (χ2n) is 9.84. The predicted octanol–water partition coefficient (Wildman–Crippen LogP) is -1.47. The Bertz CT molecular complexity index is 623. The Balaban J connectivity index is 1.32. The van der Waals surface area contributed by atoms with E-state index in [9.17, 15) is 14.4 Å². The molecule has 0 N–H and O–H groups in total. The molecule has 0 atom stereocenters. The van der Waals surface area contributed by atoms with Crippen molar-refractivity contribution in [2.45, 2.75) is 19.3 Å². The SMILES string of the molecule is O=C(CCN1CCOCC1)N1CN(C(=O)CCN2CCOCC2)CN(C(=O)CCN2CCOCC2)C1. The summed E-state index contributed by atoms with van der Waals surface area (Å²) >= 11 is 0. The molecule has 4 heterocycles. The summed E-state index contributed by atoms with van der Waals surface area (Å²) in [7, 11) is 0. The molecule has 3 amide bonds. The molecule has 4 rings (SSSR count). The fourth-order valence-corrected chi connectivity index (χ4v) is 4.94. The number of amides is 3. The predicted molar refractivity (Wildman–Crippen MR) is 131 cm³/mol. The van der Waals surface area contributed by atoms with Gasteiger partial charge in [-0.2, -0.15) is 0 Å². The van der Waals surface area contributed by atoms with Crippen LogP contribution in [0.4, 0.5) is 0 Å². The fraction of sp³-hybridized carbons (Fsp3) is 0.875. The summed E-state index contributed by atoms with van der Waals surface area (Å²) in [6.45, 7) is 11.8. The Morgan fingerprint density at radius 3 is 0.944 bits per heavy atom. The lowest BCUT2D eigenvalue weighted by Gasteiger charge is -2.43. The van der Waals surface area contributed by atoms with E-state index in [1.807, 2.05) is 0 Å². The van der Waals surface area contributed by atoms with Gasteiger partial charge in [-0.1, -0.05) is 0 Å². The quantitative estimate of drug-likeness (QED) is 0.368. The minimum atomic E-state index is -0.0295. The zero-order valence-electron chi connectivity index (χ0n) is 21.5. The van der Waals surface area contributed by atoms with E-state index in [2.05, 4.69) is 14.7 Å². The maximum atomic E-state index is 13.1. The van der Waals surface area contributed by atoms with Crippen LogP contribution in [0.1, 0.15) is 19.3 Å². The third-order valence-corrected chi connectivity index (χ3v) is 7.32. The van der Waals surface area contributed by atoms with Crippen molar-refractivity contribution >= 4 is 17.7 Å². The van der Waals surface area contributed by atoms with Crippen LogP contribution in [0.5, 0.6) is 0 Å². The van der Waals surface area contributed by atoms with Gasteiger partial charge in [0.1, 0.15) is 0 Å². The highest BCUT2D eigenvalue weighted by Crippen LogP contribution is 2.14. The van der Waals surface area contributed by atoms with Crippen molar-refractivity contribution in [2.24, 2.45) is 0 Å². The van der Waals surface area contributed by atoms with Gasteiger partial charge < -0.3 is 28.9 Å². The first-order chi connectivity index (χ1) is 17.6. The summed E-state index contributed by atoms with van der Waals surface area (Å²) in [6.07, 6.45) is 1.10. The molecule has 4 aliphatic heterocycles. The standard InChI is InChI=1S/C24H42N6O6/c31-22(1-4-25-7-13-34-14-8-25)28-19-29(23(32)2-5-26-9-15-35-16-10-26)21-30(20-28)24(33)3-6-27-11-17-36-18-12-27/h1-21H2. The molecular weight excluding hydrogens is 468 g/mol. The van der Waals surface area contributed by atoms with Gasteiger partial charge in [0.05, 0.1) is 59.6 Å². The van der Waals surface area contributed by atoms with Crippen molar-refractivity contribution in [1.82, 2.24) is 29.4 Å². The van der Waals surface area contributed by atoms with Crippen LogP contribution in [0.3, 0.4) is 0 Å². The Kier molecular flexibility index (Phi) is 10.7. The van der Waals surface area contributed by atoms with Gasteiger partial charge in [0.15, 0.2) is 0 Å². The fourth-order valence-electron chi connectivity index (χ4n) is 4.94. The second-order valence-corrected chi connectivity index (χ2v) is 9.84. The number of morpholine rings is 3. The highest BCUT2D eigenvalue weighted by atomic mass is 16.5. The van der Waals surface area contributed by atoms with Gasteiger partial charge in [-0.25, -0.2) is 0 Å². The van der Waals surface area contributed by atoms with E-state index in [1.54, 1.807) is 14.7 Å². The highest BCUT2D eigenvalue weighted by molar-refractivity contribution is 5.82. The molecule has 0 aromatic carbocycles. The molecule has 12 heteroatoms. The van der Waals surface area contributed by atoms with Crippen LogP contribution in [0, 0.1) is 0 Å². The molecule has 4 fully saturated rings. The molecule has 0 bridgehead atoms. The number of carbonyl (C=O) groups excluding carboxylic acids is 3.